The lowest BCUT2D eigenvalue weighted by Crippen LogP contribution is -2.29. The molecule has 0 aliphatic carbocycles. The summed E-state index contributed by atoms with van der Waals surface area (Å²) in [5, 5.41) is 0. The maximum Gasteiger partial charge on any atom is 0.233 e. The van der Waals surface area contributed by atoms with Crippen LogP contribution >= 0.6 is 0 Å². The third-order valence-corrected chi connectivity index (χ3v) is 2.35. The van der Waals surface area contributed by atoms with Gasteiger partial charge < -0.3 is 4.74 Å². The summed E-state index contributed by atoms with van der Waals surface area (Å²) in [4.78, 5) is 10.8. The Kier molecular flexibility index (Phi) is 5.42. The van der Waals surface area contributed by atoms with Crippen molar-refractivity contribution in [3.05, 3.63) is 29.6 Å². The molecule has 1 rings (SSSR count). The van der Waals surface area contributed by atoms with E-state index in [9.17, 15) is 9.18 Å². The molecule has 0 fully saturated rings. The number of aryl methyl sites for hydroxylation is 1. The molecule has 0 saturated carbocycles. The van der Waals surface area contributed by atoms with Gasteiger partial charge in [0.15, 0.2) is 0 Å². The minimum absolute atomic E-state index is 0.178. The highest BCUT2D eigenvalue weighted by Gasteiger charge is 2.02. The van der Waals surface area contributed by atoms with Gasteiger partial charge in [-0.05, 0) is 43.5 Å². The largest absolute Gasteiger partial charge is 0.493 e. The number of carbonyl (C=O) groups excluding carboxylic acids is 1. The number of nitrogens with two attached hydrogens (primary N) is 1. The van der Waals surface area contributed by atoms with Gasteiger partial charge in [0.1, 0.15) is 11.6 Å². The van der Waals surface area contributed by atoms with Crippen LogP contribution < -0.4 is 16.0 Å². The van der Waals surface area contributed by atoms with Crippen LogP contribution in [-0.2, 0) is 4.79 Å². The number of hydrogen-bond acceptors (Lipinski definition) is 3. The van der Waals surface area contributed by atoms with Crippen molar-refractivity contribution in [3.8, 4) is 5.75 Å². The van der Waals surface area contributed by atoms with E-state index in [1.165, 1.54) is 12.1 Å². The van der Waals surface area contributed by atoms with E-state index in [4.69, 9.17) is 10.6 Å². The molecule has 94 valence electrons. The molecular weight excluding hydrogens is 223 g/mol. The quantitative estimate of drug-likeness (QED) is 0.344. The van der Waals surface area contributed by atoms with Crippen LogP contribution in [0.1, 0.15) is 24.8 Å². The molecule has 0 atom stereocenters. The summed E-state index contributed by atoms with van der Waals surface area (Å²) in [7, 11) is 0. The van der Waals surface area contributed by atoms with Gasteiger partial charge in [-0.2, -0.15) is 0 Å². The predicted octanol–water partition coefficient (Wildman–Crippen LogP) is 1.67. The second-order valence-corrected chi connectivity index (χ2v) is 3.78. The van der Waals surface area contributed by atoms with Crippen molar-refractivity contribution < 1.29 is 13.9 Å². The van der Waals surface area contributed by atoms with Gasteiger partial charge in [-0.25, -0.2) is 10.2 Å². The molecule has 0 heterocycles. The topological polar surface area (TPSA) is 64.3 Å². The molecule has 0 saturated heterocycles. The van der Waals surface area contributed by atoms with E-state index in [1.807, 2.05) is 0 Å². The molecule has 0 unspecified atom stereocenters. The maximum atomic E-state index is 12.8. The first-order valence-corrected chi connectivity index (χ1v) is 5.52. The third kappa shape index (κ3) is 4.82. The molecule has 0 spiro atoms. The molecule has 17 heavy (non-hydrogen) atoms. The summed E-state index contributed by atoms with van der Waals surface area (Å²) in [5.41, 5.74) is 2.84. The number of amides is 1. The molecule has 0 aliphatic heterocycles. The molecular formula is C12H17FN2O2. The number of hydrazine groups is 1. The molecule has 4 nitrogen and oxygen atoms in total. The van der Waals surface area contributed by atoms with E-state index >= 15 is 0 Å². The molecule has 0 aliphatic rings. The Morgan fingerprint density at radius 3 is 2.88 bits per heavy atom. The third-order valence-electron chi connectivity index (χ3n) is 2.35. The molecule has 0 bridgehead atoms. The summed E-state index contributed by atoms with van der Waals surface area (Å²) in [6.07, 6.45) is 1.86. The first-order chi connectivity index (χ1) is 8.13. The van der Waals surface area contributed by atoms with Crippen LogP contribution in [0.4, 0.5) is 4.39 Å². The summed E-state index contributed by atoms with van der Waals surface area (Å²) in [5.74, 6) is 5.17. The zero-order chi connectivity index (χ0) is 12.7. The van der Waals surface area contributed by atoms with E-state index < -0.39 is 0 Å². The molecule has 0 aromatic heterocycles. The average molecular weight is 240 g/mol. The van der Waals surface area contributed by atoms with Gasteiger partial charge in [0.05, 0.1) is 6.61 Å². The standard InChI is InChI=1S/C12H17FN2O2/c1-9-8-10(13)5-6-11(9)17-7-3-2-4-12(16)15-14/h5-6,8H,2-4,7,14H2,1H3,(H,15,16). The molecule has 1 amide bonds. The number of nitrogens with one attached hydrogen (secondary N) is 1. The van der Waals surface area contributed by atoms with Gasteiger partial charge in [0.25, 0.3) is 0 Å². The van der Waals surface area contributed by atoms with E-state index in [0.717, 1.165) is 12.0 Å². The highest BCUT2D eigenvalue weighted by Crippen LogP contribution is 2.18. The smallest absolute Gasteiger partial charge is 0.233 e. The minimum atomic E-state index is -0.269. The summed E-state index contributed by atoms with van der Waals surface area (Å²) < 4.78 is 18.3. The van der Waals surface area contributed by atoms with Crippen molar-refractivity contribution in [2.45, 2.75) is 26.2 Å². The predicted molar refractivity (Wildman–Crippen MR) is 62.8 cm³/mol. The monoisotopic (exact) mass is 240 g/mol. The van der Waals surface area contributed by atoms with E-state index in [1.54, 1.807) is 13.0 Å². The fraction of sp³-hybridized carbons (Fsp3) is 0.417. The zero-order valence-electron chi connectivity index (χ0n) is 9.83. The Hall–Kier alpha value is -1.62. The number of benzene rings is 1. The SMILES string of the molecule is Cc1cc(F)ccc1OCCCCC(=O)NN. The van der Waals surface area contributed by atoms with E-state index in [0.29, 0.717) is 25.2 Å². The van der Waals surface area contributed by atoms with Crippen LogP contribution in [0, 0.1) is 12.7 Å². The second-order valence-electron chi connectivity index (χ2n) is 3.78. The summed E-state index contributed by atoms with van der Waals surface area (Å²) in [6, 6.07) is 4.40. The molecule has 1 aromatic rings. The van der Waals surface area contributed by atoms with Gasteiger partial charge in [-0.1, -0.05) is 0 Å². The van der Waals surface area contributed by atoms with Crippen molar-refractivity contribution in [3.63, 3.8) is 0 Å². The van der Waals surface area contributed by atoms with Crippen LogP contribution in [0.25, 0.3) is 0 Å². The lowest BCUT2D eigenvalue weighted by Gasteiger charge is -2.08. The molecule has 0 radical (unpaired) electrons. The Morgan fingerprint density at radius 2 is 2.24 bits per heavy atom. The van der Waals surface area contributed by atoms with Gasteiger partial charge in [-0.15, -0.1) is 0 Å². The van der Waals surface area contributed by atoms with Gasteiger partial charge in [0, 0.05) is 6.42 Å². The van der Waals surface area contributed by atoms with Crippen molar-refractivity contribution in [2.24, 2.45) is 5.84 Å². The van der Waals surface area contributed by atoms with E-state index in [-0.39, 0.29) is 11.7 Å². The maximum absolute atomic E-state index is 12.8. The highest BCUT2D eigenvalue weighted by molar-refractivity contribution is 5.75. The van der Waals surface area contributed by atoms with Gasteiger partial charge in [-0.3, -0.25) is 10.2 Å². The van der Waals surface area contributed by atoms with Crippen LogP contribution in [0.3, 0.4) is 0 Å². The van der Waals surface area contributed by atoms with E-state index in [2.05, 4.69) is 5.43 Å². The highest BCUT2D eigenvalue weighted by atomic mass is 19.1. The number of hydrogen-bond donors (Lipinski definition) is 2. The Balaban J connectivity index is 2.24. The van der Waals surface area contributed by atoms with Gasteiger partial charge >= 0.3 is 0 Å². The Morgan fingerprint density at radius 1 is 1.47 bits per heavy atom. The number of carbonyl (C=O) groups is 1. The molecule has 1 aromatic carbocycles. The van der Waals surface area contributed by atoms with Crippen LogP contribution in [0.15, 0.2) is 18.2 Å². The van der Waals surface area contributed by atoms with Crippen molar-refractivity contribution in [1.29, 1.82) is 0 Å². The van der Waals surface area contributed by atoms with Crippen LogP contribution in [-0.4, -0.2) is 12.5 Å². The van der Waals surface area contributed by atoms with Crippen LogP contribution in [0.2, 0.25) is 0 Å². The number of ether oxygens (including phenoxy) is 1. The number of halogens is 1. The first kappa shape index (κ1) is 13.4. The first-order valence-electron chi connectivity index (χ1n) is 5.52. The van der Waals surface area contributed by atoms with Crippen molar-refractivity contribution in [1.82, 2.24) is 5.43 Å². The van der Waals surface area contributed by atoms with Crippen molar-refractivity contribution in [2.75, 3.05) is 6.61 Å². The summed E-state index contributed by atoms with van der Waals surface area (Å²) in [6.45, 7) is 2.30. The zero-order valence-corrected chi connectivity index (χ0v) is 9.83. The molecule has 3 N–H and O–H groups in total. The molecule has 5 heteroatoms. The van der Waals surface area contributed by atoms with Crippen molar-refractivity contribution >= 4 is 5.91 Å². The number of unbranched alkanes of at least 4 members (excludes halogenated alkanes) is 1. The lowest BCUT2D eigenvalue weighted by molar-refractivity contribution is -0.121. The van der Waals surface area contributed by atoms with Crippen LogP contribution in [0.5, 0.6) is 5.75 Å². The Bertz CT molecular complexity index is 383. The summed E-state index contributed by atoms with van der Waals surface area (Å²) >= 11 is 0. The van der Waals surface area contributed by atoms with Gasteiger partial charge in [0.2, 0.25) is 5.91 Å². The minimum Gasteiger partial charge on any atom is -0.493 e. The second kappa shape index (κ2) is 6.85. The average Bonchev–Trinajstić information content (AvgIpc) is 2.30. The Labute approximate surface area is 99.9 Å². The normalized spacial score (nSPS) is 10.1. The fourth-order valence-corrected chi connectivity index (χ4v) is 1.42. The number of rotatable bonds is 6. The fourth-order valence-electron chi connectivity index (χ4n) is 1.42. The lowest BCUT2D eigenvalue weighted by atomic mass is 10.2.